The zero-order valence-corrected chi connectivity index (χ0v) is 31.3. The van der Waals surface area contributed by atoms with E-state index in [2.05, 4.69) is 68.6 Å². The van der Waals surface area contributed by atoms with Gasteiger partial charge in [-0.15, -0.1) is 0 Å². The zero-order chi connectivity index (χ0) is 31.4. The molecule has 0 N–H and O–H groups in total. The number of rotatable bonds is 12. The molecule has 0 saturated heterocycles. The van der Waals surface area contributed by atoms with Gasteiger partial charge in [-0.3, -0.25) is 0 Å². The minimum Gasteiger partial charge on any atom is -0.489 e. The fraction of sp³-hybridized carbons (Fsp3) is 0.294. The predicted molar refractivity (Wildman–Crippen MR) is 191 cm³/mol. The molecule has 0 aliphatic rings. The summed E-state index contributed by atoms with van der Waals surface area (Å²) in [4.78, 5) is 0. The number of halogens is 6. The Morgan fingerprint density at radius 2 is 0.651 bits per heavy atom. The summed E-state index contributed by atoms with van der Waals surface area (Å²) in [6.07, 6.45) is 2.68. The number of hydrogen-bond acceptors (Lipinski definition) is 3. The normalized spacial score (nSPS) is 10.7. The van der Waals surface area contributed by atoms with Gasteiger partial charge in [0.05, 0.1) is 0 Å². The Labute approximate surface area is 295 Å². The van der Waals surface area contributed by atoms with Gasteiger partial charge in [0.25, 0.3) is 0 Å². The highest BCUT2D eigenvalue weighted by molar-refractivity contribution is 9.11. The van der Waals surface area contributed by atoms with Crippen LogP contribution in [0.1, 0.15) is 54.2 Å². The largest absolute Gasteiger partial charge is 0.489 e. The van der Waals surface area contributed by atoms with E-state index in [9.17, 15) is 0 Å². The third-order valence-electron chi connectivity index (χ3n) is 6.84. The van der Waals surface area contributed by atoms with Gasteiger partial charge >= 0.3 is 0 Å². The van der Waals surface area contributed by atoms with Gasteiger partial charge in [0.15, 0.2) is 4.30 Å². The molecule has 9 heteroatoms. The molecule has 0 aromatic heterocycles. The van der Waals surface area contributed by atoms with E-state index < -0.39 is 4.30 Å². The van der Waals surface area contributed by atoms with Crippen LogP contribution in [0.5, 0.6) is 17.2 Å². The molecule has 230 valence electrons. The van der Waals surface area contributed by atoms with E-state index in [1.165, 1.54) is 33.4 Å². The fourth-order valence-corrected chi connectivity index (χ4v) is 5.75. The summed E-state index contributed by atoms with van der Waals surface area (Å²) in [5, 5.41) is 0. The highest BCUT2D eigenvalue weighted by Gasteiger charge is 2.23. The Morgan fingerprint density at radius 3 is 0.837 bits per heavy atom. The average molecular weight is 837 g/mol. The molecule has 0 bridgehead atoms. The molecule has 3 nitrogen and oxygen atoms in total. The molecule has 0 unspecified atom stereocenters. The van der Waals surface area contributed by atoms with Gasteiger partial charge in [-0.1, -0.05) is 103 Å². The molecular weight excluding hydrogens is 802 g/mol. The van der Waals surface area contributed by atoms with Crippen LogP contribution in [0.2, 0.25) is 0 Å². The summed E-state index contributed by atoms with van der Waals surface area (Å²) in [6, 6.07) is 24.0. The van der Waals surface area contributed by atoms with E-state index in [-0.39, 0.29) is 0 Å². The van der Waals surface area contributed by atoms with Crippen molar-refractivity contribution in [2.24, 2.45) is 0 Å². The van der Waals surface area contributed by atoms with Crippen molar-refractivity contribution in [2.45, 2.75) is 64.1 Å². The van der Waals surface area contributed by atoms with E-state index in [1.54, 1.807) is 0 Å². The summed E-state index contributed by atoms with van der Waals surface area (Å²) in [6.45, 7) is 8.15. The summed E-state index contributed by atoms with van der Waals surface area (Å²) in [7, 11) is 0. The highest BCUT2D eigenvalue weighted by Crippen LogP contribution is 2.34. The summed E-state index contributed by atoms with van der Waals surface area (Å²) >= 11 is 25.0. The molecule has 0 spiro atoms. The molecule has 0 fully saturated rings. The molecule has 0 heterocycles. The van der Waals surface area contributed by atoms with Crippen molar-refractivity contribution in [3.8, 4) is 17.2 Å². The number of benzene rings is 4. The maximum atomic E-state index is 6.35. The Hall–Kier alpha value is -1.41. The van der Waals surface area contributed by atoms with Gasteiger partial charge in [0.2, 0.25) is 0 Å². The summed E-state index contributed by atoms with van der Waals surface area (Å²) in [5.74, 6) is 2.55. The molecule has 0 radical (unpaired) electrons. The molecular formula is C34H34Br3Cl3O3. The van der Waals surface area contributed by atoms with Gasteiger partial charge in [-0.25, -0.2) is 0 Å². The van der Waals surface area contributed by atoms with Gasteiger partial charge in [-0.05, 0) is 125 Å². The van der Waals surface area contributed by atoms with Crippen molar-refractivity contribution < 1.29 is 14.2 Å². The topological polar surface area (TPSA) is 27.7 Å². The van der Waals surface area contributed by atoms with E-state index >= 15 is 0 Å². The van der Waals surface area contributed by atoms with Gasteiger partial charge < -0.3 is 14.2 Å². The minimum absolute atomic E-state index is 0.495. The molecule has 43 heavy (non-hydrogen) atoms. The second-order valence-corrected chi connectivity index (χ2v) is 14.1. The van der Waals surface area contributed by atoms with Crippen LogP contribution in [0, 0.1) is 0 Å². The molecule has 0 amide bonds. The lowest BCUT2D eigenvalue weighted by molar-refractivity contribution is 0.288. The lowest BCUT2D eigenvalue weighted by Crippen LogP contribution is -2.17. The van der Waals surface area contributed by atoms with Crippen molar-refractivity contribution in [3.05, 3.63) is 120 Å². The van der Waals surface area contributed by atoms with Crippen molar-refractivity contribution in [1.29, 1.82) is 0 Å². The van der Waals surface area contributed by atoms with Gasteiger partial charge in [0.1, 0.15) is 37.1 Å². The SMILES string of the molecule is CCc1c(COc2ccc(Br)cc2)c(CC)c(COc2ccc(Br)cc2)c(CC)c1COc1ccc(Br)cc1.ClC(Cl)Cl. The molecule has 4 rings (SSSR count). The molecule has 4 aromatic carbocycles. The van der Waals surface area contributed by atoms with E-state index in [0.29, 0.717) is 19.8 Å². The van der Waals surface area contributed by atoms with Crippen molar-refractivity contribution in [1.82, 2.24) is 0 Å². The second kappa shape index (κ2) is 18.5. The molecule has 0 aliphatic heterocycles. The summed E-state index contributed by atoms with van der Waals surface area (Å²) < 4.78 is 21.4. The van der Waals surface area contributed by atoms with Crippen LogP contribution in [0.4, 0.5) is 0 Å². The van der Waals surface area contributed by atoms with E-state index in [0.717, 1.165) is 49.9 Å². The van der Waals surface area contributed by atoms with Crippen LogP contribution < -0.4 is 14.2 Å². The van der Waals surface area contributed by atoms with Crippen LogP contribution in [0.25, 0.3) is 0 Å². The van der Waals surface area contributed by atoms with Gasteiger partial charge in [0, 0.05) is 13.4 Å². The minimum atomic E-state index is -0.750. The Bertz CT molecular complexity index is 1240. The van der Waals surface area contributed by atoms with Crippen LogP contribution in [0.3, 0.4) is 0 Å². The first-order valence-corrected chi connectivity index (χ1v) is 17.6. The van der Waals surface area contributed by atoms with Crippen molar-refractivity contribution in [3.63, 3.8) is 0 Å². The van der Waals surface area contributed by atoms with E-state index in [4.69, 9.17) is 49.0 Å². The van der Waals surface area contributed by atoms with Crippen molar-refractivity contribution >= 4 is 82.6 Å². The van der Waals surface area contributed by atoms with Crippen LogP contribution in [0.15, 0.2) is 86.2 Å². The first-order chi connectivity index (χ1) is 20.7. The maximum Gasteiger partial charge on any atom is 0.180 e. The number of ether oxygens (including phenoxy) is 3. The van der Waals surface area contributed by atoms with Gasteiger partial charge in [-0.2, -0.15) is 0 Å². The standard InChI is InChI=1S/C33H33Br3O3.CHCl3/c1-4-28-31(19-37-25-13-7-22(34)8-14-25)29(5-2)33(21-39-27-17-11-24(36)12-18-27)30(6-3)32(28)20-38-26-15-9-23(35)10-16-26;2-1(3)4/h7-18H,4-6,19-21H2,1-3H3;1H. The van der Waals surface area contributed by atoms with Crippen LogP contribution >= 0.6 is 82.6 Å². The molecule has 4 aromatic rings. The molecule has 0 saturated carbocycles. The van der Waals surface area contributed by atoms with E-state index in [1.807, 2.05) is 72.8 Å². The average Bonchev–Trinajstić information content (AvgIpc) is 2.99. The lowest BCUT2D eigenvalue weighted by Gasteiger charge is -2.26. The number of hydrogen-bond donors (Lipinski definition) is 0. The second-order valence-electron chi connectivity index (χ2n) is 9.41. The predicted octanol–water partition coefficient (Wildman–Crippen LogP) is 12.4. The number of alkyl halides is 3. The first-order valence-electron chi connectivity index (χ1n) is 13.9. The van der Waals surface area contributed by atoms with Crippen LogP contribution in [-0.4, -0.2) is 4.30 Å². The Balaban J connectivity index is 0.00000119. The maximum absolute atomic E-state index is 6.35. The highest BCUT2D eigenvalue weighted by atomic mass is 79.9. The molecule has 0 atom stereocenters. The fourth-order valence-electron chi connectivity index (χ4n) is 4.95. The quantitative estimate of drug-likeness (QED) is 0.133. The monoisotopic (exact) mass is 832 g/mol. The third-order valence-corrected chi connectivity index (χ3v) is 8.42. The van der Waals surface area contributed by atoms with Crippen LogP contribution in [-0.2, 0) is 39.1 Å². The third kappa shape index (κ3) is 11.2. The molecule has 0 aliphatic carbocycles. The summed E-state index contributed by atoms with van der Waals surface area (Å²) in [5.41, 5.74) is 7.65. The zero-order valence-electron chi connectivity index (χ0n) is 24.2. The lowest BCUT2D eigenvalue weighted by atomic mass is 9.84. The Kier molecular flexibility index (Phi) is 15.5. The Morgan fingerprint density at radius 1 is 0.442 bits per heavy atom. The van der Waals surface area contributed by atoms with Crippen molar-refractivity contribution in [2.75, 3.05) is 0 Å². The first kappa shape index (κ1) is 36.1. The smallest absolute Gasteiger partial charge is 0.180 e.